The number of allylic oxidation sites excluding steroid dienone is 1. The Morgan fingerprint density at radius 3 is 2.00 bits per heavy atom. The highest BCUT2D eigenvalue weighted by Crippen LogP contribution is 2.30. The molecule has 3 rings (SSSR count). The van der Waals surface area contributed by atoms with E-state index in [2.05, 4.69) is 16.8 Å². The molecule has 1 heterocycles. The minimum absolute atomic E-state index is 0.210. The molecular weight excluding hydrogens is 466 g/mol. The van der Waals surface area contributed by atoms with Gasteiger partial charge in [0.2, 0.25) is 10.0 Å². The fraction of sp³-hybridized carbons (Fsp3) is 0.462. The molecule has 0 aliphatic carbocycles. The summed E-state index contributed by atoms with van der Waals surface area (Å²) in [6.45, 7) is 6.33. The van der Waals surface area contributed by atoms with Crippen molar-refractivity contribution >= 4 is 10.0 Å². The molecule has 0 spiro atoms. The molecule has 1 unspecified atom stereocenters. The Kier molecular flexibility index (Phi) is 9.42. The van der Waals surface area contributed by atoms with E-state index in [0.717, 1.165) is 22.6 Å². The second kappa shape index (κ2) is 12.3. The summed E-state index contributed by atoms with van der Waals surface area (Å²) in [5.41, 5.74) is 0.981. The smallest absolute Gasteiger partial charge is 0.217 e. The molecule has 35 heavy (non-hydrogen) atoms. The zero-order valence-electron chi connectivity index (χ0n) is 20.7. The predicted molar refractivity (Wildman–Crippen MR) is 136 cm³/mol. The molecule has 1 aliphatic heterocycles. The van der Waals surface area contributed by atoms with Gasteiger partial charge in [0.15, 0.2) is 12.5 Å². The number of benzene rings is 2. The van der Waals surface area contributed by atoms with E-state index in [1.54, 1.807) is 24.6 Å². The Morgan fingerprint density at radius 1 is 1.03 bits per heavy atom. The maximum atomic E-state index is 14.0. The summed E-state index contributed by atoms with van der Waals surface area (Å²) in [6.07, 6.45) is 3.71. The average molecular weight is 502 g/mol. The molecule has 1 aliphatic rings. The highest BCUT2D eigenvalue weighted by molar-refractivity contribution is 7.89. The van der Waals surface area contributed by atoms with Crippen LogP contribution >= 0.6 is 0 Å². The van der Waals surface area contributed by atoms with E-state index in [9.17, 15) is 8.42 Å². The lowest BCUT2D eigenvalue weighted by molar-refractivity contribution is 0.00332. The fourth-order valence-electron chi connectivity index (χ4n) is 3.99. The van der Waals surface area contributed by atoms with Crippen molar-refractivity contribution < 1.29 is 22.6 Å². The van der Waals surface area contributed by atoms with Crippen LogP contribution in [0.4, 0.5) is 0 Å². The van der Waals surface area contributed by atoms with E-state index < -0.39 is 21.0 Å². The Bertz CT molecular complexity index is 1040. The standard InChI is InChI=1S/C26H35N3O5S/c1-5-6-7-25(16-17-26(2)28-27-20-34-26)35(30,31)29(18-21-8-12-23(32-3)13-9-21)19-22-10-14-24(33-4)15-11-22/h5,8-15,25H,1,6-7,16-20H2,2-4H3/t25-,26?/m1/s1. The van der Waals surface area contributed by atoms with E-state index >= 15 is 0 Å². The third kappa shape index (κ3) is 7.37. The molecule has 0 N–H and O–H groups in total. The van der Waals surface area contributed by atoms with Crippen molar-refractivity contribution in [2.45, 2.75) is 56.7 Å². The molecule has 0 fully saturated rings. The quantitative estimate of drug-likeness (QED) is 0.327. The highest BCUT2D eigenvalue weighted by Gasteiger charge is 2.36. The number of hydrogen-bond acceptors (Lipinski definition) is 7. The zero-order chi connectivity index (χ0) is 25.3. The van der Waals surface area contributed by atoms with Gasteiger partial charge in [0, 0.05) is 13.1 Å². The lowest BCUT2D eigenvalue weighted by Crippen LogP contribution is -2.39. The molecule has 0 radical (unpaired) electrons. The fourth-order valence-corrected chi connectivity index (χ4v) is 5.92. The van der Waals surface area contributed by atoms with Gasteiger partial charge in [0.25, 0.3) is 0 Å². The van der Waals surface area contributed by atoms with Gasteiger partial charge < -0.3 is 14.2 Å². The SMILES string of the molecule is C=CCC[C@H](CCC1(C)N=NCO1)S(=O)(=O)N(Cc1ccc(OC)cc1)Cc1ccc(OC)cc1. The average Bonchev–Trinajstić information content (AvgIpc) is 3.30. The normalized spacial score (nSPS) is 18.5. The summed E-state index contributed by atoms with van der Waals surface area (Å²) in [5, 5.41) is 7.48. The highest BCUT2D eigenvalue weighted by atomic mass is 32.2. The van der Waals surface area contributed by atoms with Crippen molar-refractivity contribution in [3.8, 4) is 11.5 Å². The molecule has 0 saturated heterocycles. The molecule has 0 amide bonds. The lowest BCUT2D eigenvalue weighted by atomic mass is 10.1. The molecule has 2 atom stereocenters. The topological polar surface area (TPSA) is 89.8 Å². The minimum atomic E-state index is -3.69. The molecule has 9 heteroatoms. The number of azo groups is 1. The number of hydrogen-bond donors (Lipinski definition) is 0. The van der Waals surface area contributed by atoms with Crippen LogP contribution in [0.1, 0.15) is 43.7 Å². The summed E-state index contributed by atoms with van der Waals surface area (Å²) < 4.78 is 45.8. The van der Waals surface area contributed by atoms with Crippen LogP contribution < -0.4 is 9.47 Å². The Labute approximate surface area is 208 Å². The number of methoxy groups -OCH3 is 2. The van der Waals surface area contributed by atoms with Crippen LogP contribution in [0.15, 0.2) is 71.4 Å². The first-order valence-corrected chi connectivity index (χ1v) is 13.2. The molecular formula is C26H35N3O5S. The summed E-state index contributed by atoms with van der Waals surface area (Å²) in [6, 6.07) is 14.9. The van der Waals surface area contributed by atoms with Crippen molar-refractivity contribution in [2.24, 2.45) is 10.2 Å². The predicted octanol–water partition coefficient (Wildman–Crippen LogP) is 5.31. The van der Waals surface area contributed by atoms with Gasteiger partial charge in [-0.25, -0.2) is 8.42 Å². The van der Waals surface area contributed by atoms with Crippen LogP contribution in [0.3, 0.4) is 0 Å². The lowest BCUT2D eigenvalue weighted by Gasteiger charge is -2.29. The van der Waals surface area contributed by atoms with E-state index in [1.807, 2.05) is 55.5 Å². The number of nitrogens with zero attached hydrogens (tertiary/aromatic N) is 3. The third-order valence-electron chi connectivity index (χ3n) is 6.16. The van der Waals surface area contributed by atoms with Gasteiger partial charge in [0.05, 0.1) is 19.5 Å². The first-order chi connectivity index (χ1) is 16.8. The largest absolute Gasteiger partial charge is 0.497 e. The number of ether oxygens (including phenoxy) is 3. The van der Waals surface area contributed by atoms with Crippen LogP contribution in [0.2, 0.25) is 0 Å². The molecule has 190 valence electrons. The van der Waals surface area contributed by atoms with Gasteiger partial charge in [-0.05, 0) is 68.0 Å². The Morgan fingerprint density at radius 2 is 1.57 bits per heavy atom. The van der Waals surface area contributed by atoms with Crippen molar-refractivity contribution in [1.82, 2.24) is 4.31 Å². The second-order valence-electron chi connectivity index (χ2n) is 8.73. The van der Waals surface area contributed by atoms with Crippen LogP contribution in [-0.4, -0.2) is 44.6 Å². The second-order valence-corrected chi connectivity index (χ2v) is 10.9. The van der Waals surface area contributed by atoms with Gasteiger partial charge >= 0.3 is 0 Å². The van der Waals surface area contributed by atoms with Gasteiger partial charge in [-0.3, -0.25) is 0 Å². The third-order valence-corrected chi connectivity index (χ3v) is 8.45. The van der Waals surface area contributed by atoms with Crippen molar-refractivity contribution in [3.63, 3.8) is 0 Å². The molecule has 2 aromatic rings. The van der Waals surface area contributed by atoms with Crippen LogP contribution in [0, 0.1) is 0 Å². The monoisotopic (exact) mass is 501 g/mol. The zero-order valence-corrected chi connectivity index (χ0v) is 21.5. The van der Waals surface area contributed by atoms with Crippen LogP contribution in [0.5, 0.6) is 11.5 Å². The Hall–Kier alpha value is -2.75. The first kappa shape index (κ1) is 26.8. The summed E-state index contributed by atoms with van der Waals surface area (Å²) in [5.74, 6) is 1.45. The van der Waals surface area contributed by atoms with E-state index in [1.165, 1.54) is 0 Å². The minimum Gasteiger partial charge on any atom is -0.497 e. The first-order valence-electron chi connectivity index (χ1n) is 11.7. The van der Waals surface area contributed by atoms with Crippen molar-refractivity contribution in [2.75, 3.05) is 21.0 Å². The van der Waals surface area contributed by atoms with Crippen LogP contribution in [0.25, 0.3) is 0 Å². The van der Waals surface area contributed by atoms with Gasteiger partial charge in [-0.2, -0.15) is 14.5 Å². The van der Waals surface area contributed by atoms with Gasteiger partial charge in [0.1, 0.15) is 11.5 Å². The van der Waals surface area contributed by atoms with Crippen molar-refractivity contribution in [1.29, 1.82) is 0 Å². The number of rotatable bonds is 14. The summed E-state index contributed by atoms with van der Waals surface area (Å²) in [4.78, 5) is 0. The maximum Gasteiger partial charge on any atom is 0.217 e. The van der Waals surface area contributed by atoms with E-state index in [-0.39, 0.29) is 19.8 Å². The van der Waals surface area contributed by atoms with E-state index in [4.69, 9.17) is 14.2 Å². The van der Waals surface area contributed by atoms with Gasteiger partial charge in [-0.15, -0.1) is 6.58 Å². The maximum absolute atomic E-state index is 14.0. The number of sulfonamides is 1. The Balaban J connectivity index is 1.88. The molecule has 0 bridgehead atoms. The molecule has 2 aromatic carbocycles. The van der Waals surface area contributed by atoms with E-state index in [0.29, 0.717) is 25.7 Å². The molecule has 0 saturated carbocycles. The van der Waals surface area contributed by atoms with Crippen LogP contribution in [-0.2, 0) is 27.8 Å². The van der Waals surface area contributed by atoms with Gasteiger partial charge in [-0.1, -0.05) is 30.3 Å². The molecule has 8 nitrogen and oxygen atoms in total. The summed E-state index contributed by atoms with van der Waals surface area (Å²) in [7, 11) is -0.477. The molecule has 0 aromatic heterocycles. The summed E-state index contributed by atoms with van der Waals surface area (Å²) >= 11 is 0. The van der Waals surface area contributed by atoms with Crippen molar-refractivity contribution in [3.05, 3.63) is 72.3 Å².